The first kappa shape index (κ1) is 21.7. The van der Waals surface area contributed by atoms with Gasteiger partial charge in [-0.2, -0.15) is 0 Å². The number of nitrogens with zero attached hydrogens (tertiary/aromatic N) is 2. The molecule has 0 radical (unpaired) electrons. The third kappa shape index (κ3) is 4.86. The fourth-order valence-electron chi connectivity index (χ4n) is 3.32. The number of thioether (sulfide) groups is 1. The molecule has 8 heteroatoms. The molecule has 2 heterocycles. The number of benzene rings is 2. The SMILES string of the molecule is COc1cc(C)ccc1Oc1ccc(NC(=O)[C@@H]2CSCN2C(=O)c2ccccc2)cn1. The topological polar surface area (TPSA) is 80.8 Å². The van der Waals surface area contributed by atoms with Crippen LogP contribution in [-0.2, 0) is 4.79 Å². The van der Waals surface area contributed by atoms with Crippen molar-refractivity contribution in [2.45, 2.75) is 13.0 Å². The number of carbonyl (C=O) groups is 2. The Kier molecular flexibility index (Phi) is 6.61. The van der Waals surface area contributed by atoms with E-state index in [9.17, 15) is 9.59 Å². The van der Waals surface area contributed by atoms with Gasteiger partial charge in [-0.1, -0.05) is 24.3 Å². The summed E-state index contributed by atoms with van der Waals surface area (Å²) in [7, 11) is 1.58. The van der Waals surface area contributed by atoms with Crippen LogP contribution in [0.15, 0.2) is 66.9 Å². The lowest BCUT2D eigenvalue weighted by molar-refractivity contribution is -0.119. The van der Waals surface area contributed by atoms with Gasteiger partial charge >= 0.3 is 0 Å². The first-order valence-corrected chi connectivity index (χ1v) is 11.2. The highest BCUT2D eigenvalue weighted by Crippen LogP contribution is 2.31. The Balaban J connectivity index is 1.41. The number of carbonyl (C=O) groups excluding carboxylic acids is 2. The Labute approximate surface area is 190 Å². The number of hydrogen-bond donors (Lipinski definition) is 1. The largest absolute Gasteiger partial charge is 0.493 e. The summed E-state index contributed by atoms with van der Waals surface area (Å²) in [4.78, 5) is 31.5. The molecule has 1 N–H and O–H groups in total. The number of amides is 2. The van der Waals surface area contributed by atoms with E-state index in [4.69, 9.17) is 9.47 Å². The molecule has 3 aromatic rings. The highest BCUT2D eigenvalue weighted by molar-refractivity contribution is 7.99. The standard InChI is InChI=1S/C24H23N3O4S/c1-16-8-10-20(21(12-16)30-2)31-22-11-9-18(13-25-22)26-23(28)19-14-32-15-27(19)24(29)17-6-4-3-5-7-17/h3-13,19H,14-15H2,1-2H3,(H,26,28)/t19-/m0/s1. The summed E-state index contributed by atoms with van der Waals surface area (Å²) in [5, 5.41) is 2.85. The molecule has 0 saturated carbocycles. The second kappa shape index (κ2) is 9.74. The van der Waals surface area contributed by atoms with Crippen molar-refractivity contribution in [1.29, 1.82) is 0 Å². The molecular weight excluding hydrogens is 426 g/mol. The zero-order valence-corrected chi connectivity index (χ0v) is 18.6. The summed E-state index contributed by atoms with van der Waals surface area (Å²) in [6, 6.07) is 17.5. The summed E-state index contributed by atoms with van der Waals surface area (Å²) < 4.78 is 11.2. The second-order valence-electron chi connectivity index (χ2n) is 7.29. The van der Waals surface area contributed by atoms with E-state index >= 15 is 0 Å². The maximum absolute atomic E-state index is 12.9. The van der Waals surface area contributed by atoms with Crippen LogP contribution in [0, 0.1) is 6.92 Å². The van der Waals surface area contributed by atoms with Gasteiger partial charge in [-0.05, 0) is 42.8 Å². The molecule has 164 valence electrons. The van der Waals surface area contributed by atoms with Crippen molar-refractivity contribution in [2.75, 3.05) is 24.1 Å². The fraction of sp³-hybridized carbons (Fsp3) is 0.208. The molecule has 1 aliphatic rings. The third-order valence-corrected chi connectivity index (χ3v) is 6.02. The molecule has 1 aromatic heterocycles. The second-order valence-corrected chi connectivity index (χ2v) is 8.29. The van der Waals surface area contributed by atoms with Crippen molar-refractivity contribution in [3.05, 3.63) is 78.0 Å². The first-order chi connectivity index (χ1) is 15.5. The summed E-state index contributed by atoms with van der Waals surface area (Å²) >= 11 is 1.56. The number of hydrogen-bond acceptors (Lipinski definition) is 6. The predicted octanol–water partition coefficient (Wildman–Crippen LogP) is 4.34. The Morgan fingerprint density at radius 2 is 1.91 bits per heavy atom. The van der Waals surface area contributed by atoms with Gasteiger partial charge in [-0.3, -0.25) is 9.59 Å². The number of nitrogens with one attached hydrogen (secondary N) is 1. The first-order valence-electron chi connectivity index (χ1n) is 10.1. The highest BCUT2D eigenvalue weighted by atomic mass is 32.2. The van der Waals surface area contributed by atoms with E-state index in [1.807, 2.05) is 43.3 Å². The third-order valence-electron chi connectivity index (χ3n) is 5.00. The molecule has 2 amide bonds. The van der Waals surface area contributed by atoms with E-state index in [1.54, 1.807) is 48.0 Å². The Morgan fingerprint density at radius 1 is 1.09 bits per heavy atom. The van der Waals surface area contributed by atoms with Crippen LogP contribution in [-0.4, -0.2) is 46.5 Å². The molecule has 0 bridgehead atoms. The van der Waals surface area contributed by atoms with E-state index in [-0.39, 0.29) is 11.8 Å². The number of pyridine rings is 1. The average Bonchev–Trinajstić information content (AvgIpc) is 3.31. The lowest BCUT2D eigenvalue weighted by atomic mass is 10.1. The van der Waals surface area contributed by atoms with Gasteiger partial charge in [0, 0.05) is 17.4 Å². The van der Waals surface area contributed by atoms with Gasteiger partial charge in [0.05, 0.1) is 24.9 Å². The number of aryl methyl sites for hydroxylation is 1. The number of anilines is 1. The smallest absolute Gasteiger partial charge is 0.255 e. The highest BCUT2D eigenvalue weighted by Gasteiger charge is 2.35. The maximum Gasteiger partial charge on any atom is 0.255 e. The van der Waals surface area contributed by atoms with Crippen LogP contribution in [0.5, 0.6) is 17.4 Å². The molecule has 1 aliphatic heterocycles. The molecule has 4 rings (SSSR count). The Hall–Kier alpha value is -3.52. The summed E-state index contributed by atoms with van der Waals surface area (Å²) in [5.41, 5.74) is 2.16. The van der Waals surface area contributed by atoms with Crippen LogP contribution in [0.25, 0.3) is 0 Å². The molecule has 0 unspecified atom stereocenters. The average molecular weight is 450 g/mol. The van der Waals surface area contributed by atoms with Gasteiger partial charge in [0.2, 0.25) is 11.8 Å². The lowest BCUT2D eigenvalue weighted by Gasteiger charge is -2.23. The van der Waals surface area contributed by atoms with Gasteiger partial charge < -0.3 is 19.7 Å². The summed E-state index contributed by atoms with van der Waals surface area (Å²) in [5.74, 6) is 2.19. The van der Waals surface area contributed by atoms with Crippen molar-refractivity contribution < 1.29 is 19.1 Å². The molecule has 1 atom stereocenters. The van der Waals surface area contributed by atoms with Crippen molar-refractivity contribution in [3.8, 4) is 17.4 Å². The van der Waals surface area contributed by atoms with E-state index in [2.05, 4.69) is 10.3 Å². The zero-order valence-electron chi connectivity index (χ0n) is 17.8. The van der Waals surface area contributed by atoms with Gasteiger partial charge in [0.15, 0.2) is 11.5 Å². The van der Waals surface area contributed by atoms with Crippen LogP contribution in [0.1, 0.15) is 15.9 Å². The van der Waals surface area contributed by atoms with Crippen LogP contribution in [0.3, 0.4) is 0 Å². The van der Waals surface area contributed by atoms with Crippen LogP contribution < -0.4 is 14.8 Å². The molecule has 7 nitrogen and oxygen atoms in total. The number of rotatable bonds is 6. The molecule has 2 aromatic carbocycles. The van der Waals surface area contributed by atoms with E-state index in [0.717, 1.165) is 5.56 Å². The molecule has 32 heavy (non-hydrogen) atoms. The van der Waals surface area contributed by atoms with Gasteiger partial charge in [0.25, 0.3) is 5.91 Å². The Bertz CT molecular complexity index is 1110. The van der Waals surface area contributed by atoms with Crippen LogP contribution in [0.4, 0.5) is 5.69 Å². The molecule has 1 saturated heterocycles. The normalized spacial score (nSPS) is 15.3. The van der Waals surface area contributed by atoms with Crippen molar-refractivity contribution in [1.82, 2.24) is 9.88 Å². The van der Waals surface area contributed by atoms with Crippen molar-refractivity contribution >= 4 is 29.3 Å². The number of ether oxygens (including phenoxy) is 2. The van der Waals surface area contributed by atoms with E-state index < -0.39 is 6.04 Å². The number of methoxy groups -OCH3 is 1. The Morgan fingerprint density at radius 3 is 2.62 bits per heavy atom. The molecule has 1 fully saturated rings. The summed E-state index contributed by atoms with van der Waals surface area (Å²) in [6.07, 6.45) is 1.53. The maximum atomic E-state index is 12.9. The minimum Gasteiger partial charge on any atom is -0.493 e. The van der Waals surface area contributed by atoms with Gasteiger partial charge in [-0.25, -0.2) is 4.98 Å². The van der Waals surface area contributed by atoms with E-state index in [1.165, 1.54) is 6.20 Å². The minimum atomic E-state index is -0.541. The predicted molar refractivity (Wildman–Crippen MR) is 124 cm³/mol. The van der Waals surface area contributed by atoms with Gasteiger partial charge in [-0.15, -0.1) is 11.8 Å². The monoisotopic (exact) mass is 449 g/mol. The molecule has 0 spiro atoms. The molecular formula is C24H23N3O4S. The van der Waals surface area contributed by atoms with Crippen molar-refractivity contribution in [2.24, 2.45) is 0 Å². The molecule has 0 aliphatic carbocycles. The quantitative estimate of drug-likeness (QED) is 0.603. The van der Waals surface area contributed by atoms with E-state index in [0.29, 0.717) is 40.3 Å². The van der Waals surface area contributed by atoms with Gasteiger partial charge in [0.1, 0.15) is 6.04 Å². The zero-order chi connectivity index (χ0) is 22.5. The summed E-state index contributed by atoms with van der Waals surface area (Å²) in [6.45, 7) is 1.97. The lowest BCUT2D eigenvalue weighted by Crippen LogP contribution is -2.44. The fourth-order valence-corrected chi connectivity index (χ4v) is 4.47. The number of aromatic nitrogens is 1. The van der Waals surface area contributed by atoms with Crippen molar-refractivity contribution in [3.63, 3.8) is 0 Å². The van der Waals surface area contributed by atoms with Crippen LogP contribution >= 0.6 is 11.8 Å². The van der Waals surface area contributed by atoms with Crippen LogP contribution in [0.2, 0.25) is 0 Å². The minimum absolute atomic E-state index is 0.148.